The van der Waals surface area contributed by atoms with Crippen LogP contribution in [0.3, 0.4) is 0 Å². The average Bonchev–Trinajstić information content (AvgIpc) is 2.80. The molecule has 2 heterocycles. The zero-order valence-corrected chi connectivity index (χ0v) is 15.9. The molecule has 0 bridgehead atoms. The summed E-state index contributed by atoms with van der Waals surface area (Å²) in [6, 6.07) is -0.823. The minimum Gasteiger partial charge on any atom is -0.295 e. The van der Waals surface area contributed by atoms with Crippen LogP contribution < -0.4 is 5.32 Å². The van der Waals surface area contributed by atoms with Crippen molar-refractivity contribution in [3.63, 3.8) is 0 Å². The topological polar surface area (TPSA) is 83.6 Å². The molecule has 2 aliphatic heterocycles. The molecule has 3 rings (SSSR count). The van der Waals surface area contributed by atoms with Gasteiger partial charge in [-0.1, -0.05) is 39.5 Å². The Morgan fingerprint density at radius 2 is 1.69 bits per heavy atom. The molecular weight excluding hydrogens is 332 g/mol. The Morgan fingerprint density at radius 3 is 2.31 bits per heavy atom. The molecule has 0 spiro atoms. The Balaban J connectivity index is 1.82. The Bertz CT molecular complexity index is 609. The molecule has 0 aromatic heterocycles. The first-order valence-electron chi connectivity index (χ1n) is 10.1. The third kappa shape index (κ3) is 3.55. The minimum absolute atomic E-state index is 0.103. The van der Waals surface area contributed by atoms with E-state index < -0.39 is 11.9 Å². The quantitative estimate of drug-likeness (QED) is 0.762. The van der Waals surface area contributed by atoms with Gasteiger partial charge < -0.3 is 0 Å². The van der Waals surface area contributed by atoms with E-state index in [1.165, 1.54) is 24.2 Å². The van der Waals surface area contributed by atoms with Crippen LogP contribution in [-0.2, 0) is 19.2 Å². The summed E-state index contributed by atoms with van der Waals surface area (Å²) < 4.78 is 0. The molecule has 6 nitrogen and oxygen atoms in total. The first kappa shape index (κ1) is 19.1. The highest BCUT2D eigenvalue weighted by Gasteiger charge is 2.53. The predicted octanol–water partition coefficient (Wildman–Crippen LogP) is 2.55. The summed E-state index contributed by atoms with van der Waals surface area (Å²) in [5.41, 5.74) is 0.103. The molecule has 3 unspecified atom stereocenters. The first-order chi connectivity index (χ1) is 12.4. The van der Waals surface area contributed by atoms with Crippen molar-refractivity contribution in [2.24, 2.45) is 17.3 Å². The van der Waals surface area contributed by atoms with Gasteiger partial charge in [0.25, 0.3) is 0 Å². The van der Waals surface area contributed by atoms with Crippen LogP contribution in [0.4, 0.5) is 0 Å². The van der Waals surface area contributed by atoms with E-state index in [0.717, 1.165) is 25.7 Å². The molecule has 3 atom stereocenters. The lowest BCUT2D eigenvalue weighted by atomic mass is 9.68. The van der Waals surface area contributed by atoms with E-state index >= 15 is 0 Å². The Hall–Kier alpha value is -1.72. The summed E-state index contributed by atoms with van der Waals surface area (Å²) in [6.07, 6.45) is 8.46. The number of amides is 4. The number of hydrogen-bond acceptors (Lipinski definition) is 4. The van der Waals surface area contributed by atoms with Crippen LogP contribution in [0.2, 0.25) is 0 Å². The highest BCUT2D eigenvalue weighted by Crippen LogP contribution is 2.46. The van der Waals surface area contributed by atoms with Gasteiger partial charge in [-0.05, 0) is 37.5 Å². The van der Waals surface area contributed by atoms with Crippen molar-refractivity contribution in [2.75, 3.05) is 0 Å². The average molecular weight is 362 g/mol. The molecule has 144 valence electrons. The Labute approximate surface area is 155 Å². The van der Waals surface area contributed by atoms with Crippen molar-refractivity contribution in [1.29, 1.82) is 0 Å². The van der Waals surface area contributed by atoms with Gasteiger partial charge in [0.2, 0.25) is 23.6 Å². The highest BCUT2D eigenvalue weighted by molar-refractivity contribution is 6.10. The van der Waals surface area contributed by atoms with Crippen molar-refractivity contribution < 1.29 is 19.2 Å². The fourth-order valence-corrected chi connectivity index (χ4v) is 5.05. The summed E-state index contributed by atoms with van der Waals surface area (Å²) in [5, 5.41) is 2.27. The number of rotatable bonds is 5. The maximum atomic E-state index is 13.2. The molecular formula is C20H30N2O4. The predicted molar refractivity (Wildman–Crippen MR) is 95.7 cm³/mol. The van der Waals surface area contributed by atoms with Crippen molar-refractivity contribution in [2.45, 2.75) is 84.1 Å². The maximum Gasteiger partial charge on any atom is 0.249 e. The molecule has 1 saturated carbocycles. The van der Waals surface area contributed by atoms with Gasteiger partial charge in [0, 0.05) is 6.42 Å². The van der Waals surface area contributed by atoms with Crippen molar-refractivity contribution in [3.05, 3.63) is 0 Å². The first-order valence-corrected chi connectivity index (χ1v) is 10.1. The molecule has 3 aliphatic rings. The number of nitrogens with one attached hydrogen (secondary N) is 1. The lowest BCUT2D eigenvalue weighted by Crippen LogP contribution is -2.54. The normalized spacial score (nSPS) is 32.1. The lowest BCUT2D eigenvalue weighted by molar-refractivity contribution is -0.151. The number of piperidine rings is 1. The number of nitrogens with zero attached hydrogens (tertiary/aromatic N) is 1. The number of carbonyl (C=O) groups excluding carboxylic acids is 4. The summed E-state index contributed by atoms with van der Waals surface area (Å²) in [7, 11) is 0. The Kier molecular flexibility index (Phi) is 5.49. The van der Waals surface area contributed by atoms with Gasteiger partial charge in [0.15, 0.2) is 0 Å². The highest BCUT2D eigenvalue weighted by atomic mass is 16.2. The zero-order valence-electron chi connectivity index (χ0n) is 15.9. The zero-order chi connectivity index (χ0) is 18.9. The van der Waals surface area contributed by atoms with E-state index in [4.69, 9.17) is 0 Å². The summed E-state index contributed by atoms with van der Waals surface area (Å²) >= 11 is 0. The fourth-order valence-electron chi connectivity index (χ4n) is 5.05. The number of hydrogen-bond donors (Lipinski definition) is 1. The number of imide groups is 2. The second kappa shape index (κ2) is 7.49. The monoisotopic (exact) mass is 362 g/mol. The van der Waals surface area contributed by atoms with Gasteiger partial charge in [0.1, 0.15) is 6.04 Å². The molecule has 0 radical (unpaired) electrons. The molecule has 3 fully saturated rings. The van der Waals surface area contributed by atoms with Gasteiger partial charge in [-0.25, -0.2) is 0 Å². The van der Waals surface area contributed by atoms with Crippen LogP contribution in [0.25, 0.3) is 0 Å². The van der Waals surface area contributed by atoms with E-state index in [1.54, 1.807) is 0 Å². The molecule has 1 aliphatic carbocycles. The van der Waals surface area contributed by atoms with Crippen molar-refractivity contribution in [3.8, 4) is 0 Å². The van der Waals surface area contributed by atoms with Crippen molar-refractivity contribution >= 4 is 23.6 Å². The SMILES string of the molecule is CCCC1C(=O)N(C2CCC(=O)NC2=O)C(=O)C1CC1(C)CCCCC1. The number of carbonyl (C=O) groups is 4. The van der Waals surface area contributed by atoms with Crippen LogP contribution in [0.15, 0.2) is 0 Å². The van der Waals surface area contributed by atoms with Gasteiger partial charge in [-0.3, -0.25) is 29.4 Å². The van der Waals surface area contributed by atoms with E-state index in [2.05, 4.69) is 12.2 Å². The maximum absolute atomic E-state index is 13.2. The molecule has 26 heavy (non-hydrogen) atoms. The Morgan fingerprint density at radius 1 is 1.04 bits per heavy atom. The van der Waals surface area contributed by atoms with Gasteiger partial charge in [0.05, 0.1) is 11.8 Å². The van der Waals surface area contributed by atoms with Crippen LogP contribution in [-0.4, -0.2) is 34.6 Å². The fraction of sp³-hybridized carbons (Fsp3) is 0.800. The van der Waals surface area contributed by atoms with Crippen LogP contribution in [0.5, 0.6) is 0 Å². The third-order valence-electron chi connectivity index (χ3n) is 6.49. The largest absolute Gasteiger partial charge is 0.295 e. The summed E-state index contributed by atoms with van der Waals surface area (Å²) in [4.78, 5) is 51.0. The van der Waals surface area contributed by atoms with Gasteiger partial charge >= 0.3 is 0 Å². The third-order valence-corrected chi connectivity index (χ3v) is 6.49. The minimum atomic E-state index is -0.823. The molecule has 0 aromatic rings. The molecule has 4 amide bonds. The van der Waals surface area contributed by atoms with Crippen LogP contribution in [0.1, 0.15) is 78.1 Å². The standard InChI is InChI=1S/C20H30N2O4/c1-3-7-13-14(12-20(2)10-5-4-6-11-20)19(26)22(18(13)25)15-8-9-16(23)21-17(15)24/h13-15H,3-12H2,1-2H3,(H,21,23,24). The second-order valence-corrected chi connectivity index (χ2v) is 8.59. The van der Waals surface area contributed by atoms with E-state index in [-0.39, 0.29) is 47.8 Å². The molecule has 2 saturated heterocycles. The molecule has 0 aromatic carbocycles. The van der Waals surface area contributed by atoms with Crippen molar-refractivity contribution in [1.82, 2.24) is 10.2 Å². The van der Waals surface area contributed by atoms with E-state index in [1.807, 2.05) is 6.92 Å². The second-order valence-electron chi connectivity index (χ2n) is 8.59. The van der Waals surface area contributed by atoms with Gasteiger partial charge in [-0.2, -0.15) is 0 Å². The molecule has 1 N–H and O–H groups in total. The van der Waals surface area contributed by atoms with Gasteiger partial charge in [-0.15, -0.1) is 0 Å². The number of likely N-dealkylation sites (tertiary alicyclic amines) is 1. The van der Waals surface area contributed by atoms with Crippen LogP contribution >= 0.6 is 0 Å². The van der Waals surface area contributed by atoms with E-state index in [0.29, 0.717) is 6.42 Å². The smallest absolute Gasteiger partial charge is 0.249 e. The summed E-state index contributed by atoms with van der Waals surface area (Å²) in [6.45, 7) is 4.26. The van der Waals surface area contributed by atoms with E-state index in [9.17, 15) is 19.2 Å². The van der Waals surface area contributed by atoms with Crippen LogP contribution in [0, 0.1) is 17.3 Å². The lowest BCUT2D eigenvalue weighted by Gasteiger charge is -2.36. The summed E-state index contributed by atoms with van der Waals surface area (Å²) in [5.74, 6) is -1.90. The molecule has 6 heteroatoms.